The van der Waals surface area contributed by atoms with Gasteiger partial charge in [-0.2, -0.15) is 0 Å². The molecule has 278 valence electrons. The van der Waals surface area contributed by atoms with Gasteiger partial charge in [0, 0.05) is 40.9 Å². The SMILES string of the molecule is Cc1cc(C)cc(-n2cnc(-c3[c-]c(Oc4[c-]c(Oc5cc(-c6c(-c7ccccc7)cccc6-c6ccccc6)ccn5)cc(C(C)(C)C)c4)ccc3)c2)c1.[Pt+2]. The molecule has 0 fully saturated rings. The second kappa shape index (κ2) is 16.4. The van der Waals surface area contributed by atoms with E-state index in [1.165, 1.54) is 11.1 Å². The van der Waals surface area contributed by atoms with Crippen molar-refractivity contribution in [3.63, 3.8) is 0 Å². The number of ether oxygens (including phenoxy) is 2. The maximum atomic E-state index is 6.53. The van der Waals surface area contributed by atoms with E-state index in [-0.39, 0.29) is 26.5 Å². The summed E-state index contributed by atoms with van der Waals surface area (Å²) in [4.78, 5) is 9.34. The van der Waals surface area contributed by atoms with E-state index in [2.05, 4.69) is 137 Å². The van der Waals surface area contributed by atoms with Gasteiger partial charge < -0.3 is 14.0 Å². The van der Waals surface area contributed by atoms with Gasteiger partial charge >= 0.3 is 21.1 Å². The van der Waals surface area contributed by atoms with Crippen LogP contribution < -0.4 is 9.47 Å². The Kier molecular flexibility index (Phi) is 11.2. The molecule has 0 bridgehead atoms. The van der Waals surface area contributed by atoms with Crippen LogP contribution in [-0.4, -0.2) is 14.5 Å². The normalized spacial score (nSPS) is 11.2. The van der Waals surface area contributed by atoms with Crippen molar-refractivity contribution in [2.75, 3.05) is 0 Å². The van der Waals surface area contributed by atoms with Crippen molar-refractivity contribution < 1.29 is 30.5 Å². The first kappa shape index (κ1) is 38.3. The number of nitrogens with zero attached hydrogens (tertiary/aromatic N) is 3. The molecule has 0 aliphatic heterocycles. The van der Waals surface area contributed by atoms with Crippen LogP contribution in [0.1, 0.15) is 37.5 Å². The van der Waals surface area contributed by atoms with E-state index in [4.69, 9.17) is 14.5 Å². The van der Waals surface area contributed by atoms with Crippen LogP contribution >= 0.6 is 0 Å². The fourth-order valence-electron chi connectivity index (χ4n) is 6.85. The minimum Gasteiger partial charge on any atom is -0.503 e. The number of pyridine rings is 1. The molecule has 0 N–H and O–H groups in total. The smallest absolute Gasteiger partial charge is 0.503 e. The molecule has 0 atom stereocenters. The minimum atomic E-state index is -0.188. The van der Waals surface area contributed by atoms with E-state index < -0.39 is 0 Å². The maximum absolute atomic E-state index is 6.53. The van der Waals surface area contributed by atoms with Gasteiger partial charge in [-0.05, 0) is 88.2 Å². The molecule has 0 saturated carbocycles. The van der Waals surface area contributed by atoms with Crippen LogP contribution in [-0.2, 0) is 26.5 Å². The summed E-state index contributed by atoms with van der Waals surface area (Å²) >= 11 is 0. The number of rotatable bonds is 9. The van der Waals surface area contributed by atoms with E-state index in [0.717, 1.165) is 55.9 Å². The molecule has 56 heavy (non-hydrogen) atoms. The summed E-state index contributed by atoms with van der Waals surface area (Å²) in [5.41, 5.74) is 12.6. The summed E-state index contributed by atoms with van der Waals surface area (Å²) in [6.45, 7) is 10.7. The van der Waals surface area contributed by atoms with Crippen molar-refractivity contribution in [3.8, 4) is 73.5 Å². The number of aromatic nitrogens is 3. The zero-order valence-electron chi connectivity index (χ0n) is 32.0. The molecule has 0 radical (unpaired) electrons. The predicted molar refractivity (Wildman–Crippen MR) is 222 cm³/mol. The summed E-state index contributed by atoms with van der Waals surface area (Å²) in [6, 6.07) is 54.5. The van der Waals surface area contributed by atoms with Crippen LogP contribution in [0.25, 0.3) is 50.3 Å². The standard InChI is InChI=1S/C50H41N3O2.Pt/c1-34-24-35(2)26-41(25-34)53-32-47(52-33-53)38-18-12-19-42(27-38)54-43-29-40(50(3,4)5)30-44(31-43)55-48-28-39(22-23-51-48)49-45(36-14-8-6-9-15-36)20-13-21-46(49)37-16-10-7-11-17-37;/h6-26,28-30,32-33H,1-5H3;/q-2;+2. The summed E-state index contributed by atoms with van der Waals surface area (Å²) in [7, 11) is 0. The number of aryl methyl sites for hydroxylation is 2. The number of hydrogen-bond donors (Lipinski definition) is 0. The first-order chi connectivity index (χ1) is 26.7. The first-order valence-electron chi connectivity index (χ1n) is 18.5. The molecule has 0 aliphatic carbocycles. The molecule has 0 saturated heterocycles. The third kappa shape index (κ3) is 8.59. The molecule has 8 rings (SSSR count). The maximum Gasteiger partial charge on any atom is 2.00 e. The second-order valence-corrected chi connectivity index (χ2v) is 14.8. The molecule has 0 spiro atoms. The Hall–Kier alpha value is -6.03. The van der Waals surface area contributed by atoms with E-state index in [1.54, 1.807) is 6.20 Å². The minimum absolute atomic E-state index is 0. The Labute approximate surface area is 343 Å². The van der Waals surface area contributed by atoms with Gasteiger partial charge in [-0.1, -0.05) is 118 Å². The summed E-state index contributed by atoms with van der Waals surface area (Å²) < 4.78 is 15.0. The summed E-state index contributed by atoms with van der Waals surface area (Å²) in [6.07, 6.45) is 5.65. The van der Waals surface area contributed by atoms with Crippen molar-refractivity contribution in [2.24, 2.45) is 0 Å². The van der Waals surface area contributed by atoms with Crippen LogP contribution in [0.2, 0.25) is 0 Å². The van der Waals surface area contributed by atoms with Gasteiger partial charge in [-0.25, -0.2) is 4.98 Å². The van der Waals surface area contributed by atoms with Gasteiger partial charge in [0.2, 0.25) is 5.88 Å². The van der Waals surface area contributed by atoms with E-state index >= 15 is 0 Å². The number of benzene rings is 6. The topological polar surface area (TPSA) is 49.2 Å². The van der Waals surface area contributed by atoms with Crippen LogP contribution in [0.5, 0.6) is 23.1 Å². The zero-order chi connectivity index (χ0) is 37.9. The van der Waals surface area contributed by atoms with Gasteiger partial charge in [-0.3, -0.25) is 4.98 Å². The van der Waals surface area contributed by atoms with E-state index in [9.17, 15) is 0 Å². The Morgan fingerprint density at radius 2 is 1.20 bits per heavy atom. The predicted octanol–water partition coefficient (Wildman–Crippen LogP) is 13.0. The Morgan fingerprint density at radius 3 is 1.84 bits per heavy atom. The molecular formula is C50H41N3O2Pt. The van der Waals surface area contributed by atoms with Crippen LogP contribution in [0.15, 0.2) is 158 Å². The van der Waals surface area contributed by atoms with Gasteiger partial charge in [-0.15, -0.1) is 41.5 Å². The average Bonchev–Trinajstić information content (AvgIpc) is 3.69. The Morgan fingerprint density at radius 1 is 0.571 bits per heavy atom. The third-order valence-electron chi connectivity index (χ3n) is 9.51. The molecule has 6 heteroatoms. The fourth-order valence-corrected chi connectivity index (χ4v) is 6.85. The van der Waals surface area contributed by atoms with Crippen LogP contribution in [0.3, 0.4) is 0 Å². The molecule has 0 unspecified atom stereocenters. The van der Waals surface area contributed by atoms with Crippen molar-refractivity contribution in [1.82, 2.24) is 14.5 Å². The molecule has 2 heterocycles. The van der Waals surface area contributed by atoms with Gasteiger partial charge in [0.05, 0.1) is 6.33 Å². The monoisotopic (exact) mass is 910 g/mol. The second-order valence-electron chi connectivity index (χ2n) is 14.8. The van der Waals surface area contributed by atoms with Crippen LogP contribution in [0.4, 0.5) is 0 Å². The van der Waals surface area contributed by atoms with Crippen molar-refractivity contribution >= 4 is 0 Å². The molecule has 8 aromatic rings. The summed E-state index contributed by atoms with van der Waals surface area (Å²) in [5, 5.41) is 0. The van der Waals surface area contributed by atoms with Crippen molar-refractivity contribution in [3.05, 3.63) is 187 Å². The molecule has 5 nitrogen and oxygen atoms in total. The molecule has 2 aromatic heterocycles. The van der Waals surface area contributed by atoms with Crippen LogP contribution in [0, 0.1) is 26.0 Å². The van der Waals surface area contributed by atoms with E-state index in [0.29, 0.717) is 23.1 Å². The van der Waals surface area contributed by atoms with Gasteiger partial charge in [0.15, 0.2) is 0 Å². The third-order valence-corrected chi connectivity index (χ3v) is 9.51. The first-order valence-corrected chi connectivity index (χ1v) is 18.5. The Bertz CT molecular complexity index is 2530. The molecule has 6 aromatic carbocycles. The van der Waals surface area contributed by atoms with Gasteiger partial charge in [0.25, 0.3) is 0 Å². The fraction of sp³-hybridized carbons (Fsp3) is 0.120. The largest absolute Gasteiger partial charge is 2.00 e. The number of hydrogen-bond acceptors (Lipinski definition) is 4. The average molecular weight is 911 g/mol. The molecular weight excluding hydrogens is 870 g/mol. The Balaban J connectivity index is 0.00000480. The van der Waals surface area contributed by atoms with Crippen molar-refractivity contribution in [2.45, 2.75) is 40.0 Å². The summed E-state index contributed by atoms with van der Waals surface area (Å²) in [5.74, 6) is 2.04. The number of imidazole rings is 1. The zero-order valence-corrected chi connectivity index (χ0v) is 34.3. The van der Waals surface area contributed by atoms with E-state index in [1.807, 2.05) is 71.7 Å². The van der Waals surface area contributed by atoms with Gasteiger partial charge in [0.1, 0.15) is 0 Å². The van der Waals surface area contributed by atoms with Crippen molar-refractivity contribution in [1.29, 1.82) is 0 Å². The molecule has 0 aliphatic rings. The molecule has 0 amide bonds. The quantitative estimate of drug-likeness (QED) is 0.135.